The van der Waals surface area contributed by atoms with Crippen LogP contribution < -0.4 is 0 Å². The lowest BCUT2D eigenvalue weighted by Crippen LogP contribution is -2.50. The van der Waals surface area contributed by atoms with Crippen molar-refractivity contribution in [2.75, 3.05) is 32.8 Å². The largest absolute Gasteiger partial charge is 0.445 e. The molecule has 1 aromatic carbocycles. The number of ether oxygens (including phenoxy) is 1. The Morgan fingerprint density at radius 2 is 1.69 bits per heavy atom. The summed E-state index contributed by atoms with van der Waals surface area (Å²) in [5.74, 6) is -0.0639. The minimum absolute atomic E-state index is 0.0639. The maximum absolute atomic E-state index is 12.8. The van der Waals surface area contributed by atoms with E-state index in [2.05, 4.69) is 16.5 Å². The first kappa shape index (κ1) is 17.8. The molecule has 7 nitrogen and oxygen atoms in total. The van der Waals surface area contributed by atoms with Gasteiger partial charge in [-0.3, -0.25) is 4.79 Å². The fourth-order valence-electron chi connectivity index (χ4n) is 2.86. The number of piperazine rings is 1. The van der Waals surface area contributed by atoms with Gasteiger partial charge in [-0.2, -0.15) is 0 Å². The first-order valence-electron chi connectivity index (χ1n) is 8.56. The summed E-state index contributed by atoms with van der Waals surface area (Å²) in [7, 11) is 0. The number of fused-ring (bicyclic) bond motifs is 1. The summed E-state index contributed by atoms with van der Waals surface area (Å²) in [4.78, 5) is 37.0. The number of carbonyl (C=O) groups excluding carboxylic acids is 2. The van der Waals surface area contributed by atoms with E-state index in [1.54, 1.807) is 21.9 Å². The molecule has 1 aromatic heterocycles. The van der Waals surface area contributed by atoms with Gasteiger partial charge < -0.3 is 14.5 Å². The first-order valence-corrected chi connectivity index (χ1v) is 8.56. The Bertz CT molecular complexity index is 857. The third kappa shape index (κ3) is 3.66. The fraction of sp³-hybridized carbons (Fsp3) is 0.368. The van der Waals surface area contributed by atoms with E-state index in [0.717, 1.165) is 16.9 Å². The van der Waals surface area contributed by atoms with E-state index in [-0.39, 0.29) is 18.6 Å². The zero-order valence-corrected chi connectivity index (χ0v) is 15.1. The first-order chi connectivity index (χ1) is 12.5. The standard InChI is InChI=1S/C19H22N4O3/c1-4-11-26-19(25)23-9-7-22(8-10-23)18(24)15-5-6-16-17(12-15)21-14(3)13(2)20-16/h4-6,12H,1,7-11H2,2-3H3. The van der Waals surface area contributed by atoms with Crippen LogP contribution in [0.15, 0.2) is 30.9 Å². The number of benzene rings is 1. The van der Waals surface area contributed by atoms with Gasteiger partial charge >= 0.3 is 6.09 Å². The average Bonchev–Trinajstić information content (AvgIpc) is 2.66. The molecule has 3 rings (SSSR count). The summed E-state index contributed by atoms with van der Waals surface area (Å²) in [6, 6.07) is 5.38. The molecular formula is C19H22N4O3. The van der Waals surface area contributed by atoms with Crippen LogP contribution in [0.1, 0.15) is 21.7 Å². The lowest BCUT2D eigenvalue weighted by atomic mass is 10.1. The van der Waals surface area contributed by atoms with Crippen LogP contribution in [0.25, 0.3) is 11.0 Å². The van der Waals surface area contributed by atoms with Crippen molar-refractivity contribution in [1.29, 1.82) is 0 Å². The molecule has 0 bridgehead atoms. The average molecular weight is 354 g/mol. The van der Waals surface area contributed by atoms with E-state index in [1.165, 1.54) is 6.08 Å². The molecule has 1 aliphatic heterocycles. The Morgan fingerprint density at radius 1 is 1.08 bits per heavy atom. The van der Waals surface area contributed by atoms with Gasteiger partial charge in [0.15, 0.2) is 0 Å². The molecule has 0 saturated carbocycles. The lowest BCUT2D eigenvalue weighted by Gasteiger charge is -2.34. The zero-order valence-electron chi connectivity index (χ0n) is 15.1. The molecule has 1 aliphatic rings. The Kier molecular flexibility index (Phi) is 5.16. The molecule has 7 heteroatoms. The highest BCUT2D eigenvalue weighted by atomic mass is 16.6. The molecule has 0 radical (unpaired) electrons. The minimum Gasteiger partial charge on any atom is -0.445 e. The number of carbonyl (C=O) groups is 2. The molecule has 1 saturated heterocycles. The Hall–Kier alpha value is -2.96. The number of rotatable bonds is 3. The Labute approximate surface area is 152 Å². The highest BCUT2D eigenvalue weighted by Crippen LogP contribution is 2.17. The molecule has 0 spiro atoms. The smallest absolute Gasteiger partial charge is 0.410 e. The van der Waals surface area contributed by atoms with Crippen molar-refractivity contribution in [3.63, 3.8) is 0 Å². The van der Waals surface area contributed by atoms with Crippen LogP contribution in [-0.2, 0) is 4.74 Å². The highest BCUT2D eigenvalue weighted by Gasteiger charge is 2.25. The Morgan fingerprint density at radius 3 is 2.35 bits per heavy atom. The van der Waals surface area contributed by atoms with Crippen LogP contribution in [0.5, 0.6) is 0 Å². The number of nitrogens with zero attached hydrogens (tertiary/aromatic N) is 4. The number of hydrogen-bond donors (Lipinski definition) is 0. The molecule has 136 valence electrons. The van der Waals surface area contributed by atoms with Gasteiger partial charge in [-0.05, 0) is 32.0 Å². The third-order valence-corrected chi connectivity index (χ3v) is 4.47. The Balaban J connectivity index is 1.68. The molecule has 0 atom stereocenters. The van der Waals surface area contributed by atoms with E-state index >= 15 is 0 Å². The van der Waals surface area contributed by atoms with Crippen LogP contribution >= 0.6 is 0 Å². The third-order valence-electron chi connectivity index (χ3n) is 4.47. The van der Waals surface area contributed by atoms with Crippen LogP contribution in [0.2, 0.25) is 0 Å². The van der Waals surface area contributed by atoms with Gasteiger partial charge in [0, 0.05) is 31.7 Å². The second kappa shape index (κ2) is 7.51. The van der Waals surface area contributed by atoms with Crippen LogP contribution in [0.4, 0.5) is 4.79 Å². The quantitative estimate of drug-likeness (QED) is 0.791. The summed E-state index contributed by atoms with van der Waals surface area (Å²) in [5.41, 5.74) is 3.81. The highest BCUT2D eigenvalue weighted by molar-refractivity contribution is 5.97. The lowest BCUT2D eigenvalue weighted by molar-refractivity contribution is 0.0581. The van der Waals surface area contributed by atoms with Crippen molar-refractivity contribution in [1.82, 2.24) is 19.8 Å². The van der Waals surface area contributed by atoms with E-state index in [0.29, 0.717) is 37.3 Å². The second-order valence-electron chi connectivity index (χ2n) is 6.24. The summed E-state index contributed by atoms with van der Waals surface area (Å²) < 4.78 is 5.03. The fourth-order valence-corrected chi connectivity index (χ4v) is 2.86. The van der Waals surface area contributed by atoms with Gasteiger partial charge in [0.25, 0.3) is 5.91 Å². The molecule has 26 heavy (non-hydrogen) atoms. The molecule has 1 fully saturated rings. The number of aryl methyl sites for hydroxylation is 2. The van der Waals surface area contributed by atoms with Gasteiger partial charge in [0.2, 0.25) is 0 Å². The van der Waals surface area contributed by atoms with Crippen molar-refractivity contribution in [3.8, 4) is 0 Å². The number of aromatic nitrogens is 2. The zero-order chi connectivity index (χ0) is 18.7. The molecule has 0 N–H and O–H groups in total. The molecule has 0 aliphatic carbocycles. The van der Waals surface area contributed by atoms with Gasteiger partial charge in [0.05, 0.1) is 22.4 Å². The molecular weight excluding hydrogens is 332 g/mol. The summed E-state index contributed by atoms with van der Waals surface area (Å²) in [5, 5.41) is 0. The second-order valence-corrected chi connectivity index (χ2v) is 6.24. The predicted molar refractivity (Wildman–Crippen MR) is 98.0 cm³/mol. The molecule has 0 unspecified atom stereocenters. The number of amides is 2. The SMILES string of the molecule is C=CCOC(=O)N1CCN(C(=O)c2ccc3nc(C)c(C)nc3c2)CC1. The van der Waals surface area contributed by atoms with E-state index in [1.807, 2.05) is 19.9 Å². The molecule has 2 heterocycles. The van der Waals surface area contributed by atoms with Gasteiger partial charge in [0.1, 0.15) is 6.61 Å². The van der Waals surface area contributed by atoms with Crippen LogP contribution in [0.3, 0.4) is 0 Å². The normalized spacial score (nSPS) is 14.4. The van der Waals surface area contributed by atoms with Gasteiger partial charge in [-0.1, -0.05) is 12.7 Å². The van der Waals surface area contributed by atoms with E-state index < -0.39 is 0 Å². The monoisotopic (exact) mass is 354 g/mol. The summed E-state index contributed by atoms with van der Waals surface area (Å²) in [6.07, 6.45) is 1.16. The van der Waals surface area contributed by atoms with Crippen molar-refractivity contribution in [3.05, 3.63) is 47.8 Å². The minimum atomic E-state index is -0.371. The van der Waals surface area contributed by atoms with E-state index in [4.69, 9.17) is 4.74 Å². The van der Waals surface area contributed by atoms with Crippen molar-refractivity contribution >= 4 is 23.0 Å². The van der Waals surface area contributed by atoms with Gasteiger partial charge in [-0.25, -0.2) is 14.8 Å². The van der Waals surface area contributed by atoms with Crippen molar-refractivity contribution in [2.45, 2.75) is 13.8 Å². The molecule has 2 aromatic rings. The van der Waals surface area contributed by atoms with Gasteiger partial charge in [-0.15, -0.1) is 0 Å². The maximum Gasteiger partial charge on any atom is 0.410 e. The van der Waals surface area contributed by atoms with Crippen molar-refractivity contribution < 1.29 is 14.3 Å². The predicted octanol–water partition coefficient (Wildman–Crippen LogP) is 2.33. The molecule has 2 amide bonds. The van der Waals surface area contributed by atoms with Crippen LogP contribution in [0, 0.1) is 13.8 Å². The van der Waals surface area contributed by atoms with Crippen LogP contribution in [-0.4, -0.2) is 64.6 Å². The summed E-state index contributed by atoms with van der Waals surface area (Å²) in [6.45, 7) is 9.38. The van der Waals surface area contributed by atoms with Crippen molar-refractivity contribution in [2.24, 2.45) is 0 Å². The van der Waals surface area contributed by atoms with E-state index in [9.17, 15) is 9.59 Å². The number of hydrogen-bond acceptors (Lipinski definition) is 5. The summed E-state index contributed by atoms with van der Waals surface area (Å²) >= 11 is 0. The topological polar surface area (TPSA) is 75.6 Å². The maximum atomic E-state index is 12.8.